The van der Waals surface area contributed by atoms with E-state index < -0.39 is 0 Å². The van der Waals surface area contributed by atoms with Gasteiger partial charge in [-0.1, -0.05) is 24.3 Å². The van der Waals surface area contributed by atoms with E-state index in [1.165, 1.54) is 11.3 Å². The smallest absolute Gasteiger partial charge is 0.291 e. The van der Waals surface area contributed by atoms with Gasteiger partial charge in [0.15, 0.2) is 10.4 Å². The van der Waals surface area contributed by atoms with Crippen molar-refractivity contribution >= 4 is 38.9 Å². The van der Waals surface area contributed by atoms with Gasteiger partial charge in [-0.15, -0.1) is 0 Å². The zero-order valence-electron chi connectivity index (χ0n) is 16.6. The fourth-order valence-corrected chi connectivity index (χ4v) is 4.06. The van der Waals surface area contributed by atoms with Crippen molar-refractivity contribution in [1.29, 1.82) is 0 Å². The van der Waals surface area contributed by atoms with Crippen molar-refractivity contribution in [2.24, 2.45) is 0 Å². The van der Waals surface area contributed by atoms with Crippen molar-refractivity contribution in [2.75, 3.05) is 41.3 Å². The van der Waals surface area contributed by atoms with Gasteiger partial charge >= 0.3 is 0 Å². The van der Waals surface area contributed by atoms with E-state index in [2.05, 4.69) is 74.4 Å². The van der Waals surface area contributed by atoms with Gasteiger partial charge in [0.05, 0.1) is 11.4 Å². The first kappa shape index (κ1) is 19.6. The van der Waals surface area contributed by atoms with Crippen molar-refractivity contribution in [2.45, 2.75) is 13.8 Å². The van der Waals surface area contributed by atoms with Crippen LogP contribution in [0.15, 0.2) is 63.7 Å². The highest BCUT2D eigenvalue weighted by atomic mass is 79.9. The van der Waals surface area contributed by atoms with Crippen LogP contribution in [0.1, 0.15) is 21.7 Å². The topological polar surface area (TPSA) is 48.7 Å². The number of hydrogen-bond acceptors (Lipinski definition) is 4. The van der Waals surface area contributed by atoms with E-state index in [0.29, 0.717) is 4.67 Å². The van der Waals surface area contributed by atoms with E-state index in [-0.39, 0.29) is 11.7 Å². The predicted octanol–water partition coefficient (Wildman–Crippen LogP) is 5.24. The van der Waals surface area contributed by atoms with Crippen molar-refractivity contribution < 1.29 is 9.21 Å². The third-order valence-electron chi connectivity index (χ3n) is 5.27. The molecule has 1 saturated heterocycles. The number of nitrogens with zero attached hydrogens (tertiary/aromatic N) is 2. The standard InChI is InChI=1S/C23H24BrN3O2/c1-16-7-8-20(18(15-16)25-23(28)21-9-10-22(24)29-21)27-13-11-26(12-14-27)19-6-4-3-5-17(19)2/h3-10,15H,11-14H2,1-2H3,(H,25,28). The molecule has 0 spiro atoms. The monoisotopic (exact) mass is 453 g/mol. The second kappa shape index (κ2) is 8.33. The highest BCUT2D eigenvalue weighted by molar-refractivity contribution is 9.10. The number of anilines is 3. The summed E-state index contributed by atoms with van der Waals surface area (Å²) in [5, 5.41) is 3.02. The van der Waals surface area contributed by atoms with Crippen LogP contribution in [-0.4, -0.2) is 32.1 Å². The molecular weight excluding hydrogens is 430 g/mol. The molecule has 2 aromatic carbocycles. The summed E-state index contributed by atoms with van der Waals surface area (Å²) in [7, 11) is 0. The number of halogens is 1. The van der Waals surface area contributed by atoms with Gasteiger partial charge < -0.3 is 19.5 Å². The normalized spacial score (nSPS) is 14.2. The highest BCUT2D eigenvalue weighted by Crippen LogP contribution is 2.30. The van der Waals surface area contributed by atoms with Gasteiger partial charge in [0.2, 0.25) is 0 Å². The van der Waals surface area contributed by atoms with Crippen LogP contribution < -0.4 is 15.1 Å². The Balaban J connectivity index is 1.50. The Hall–Kier alpha value is -2.73. The summed E-state index contributed by atoms with van der Waals surface area (Å²) >= 11 is 3.24. The van der Waals surface area contributed by atoms with Crippen molar-refractivity contribution in [3.63, 3.8) is 0 Å². The highest BCUT2D eigenvalue weighted by Gasteiger charge is 2.22. The van der Waals surface area contributed by atoms with E-state index >= 15 is 0 Å². The Kier molecular flexibility index (Phi) is 5.62. The van der Waals surface area contributed by atoms with E-state index in [1.54, 1.807) is 12.1 Å². The van der Waals surface area contributed by atoms with Crippen LogP contribution in [0.5, 0.6) is 0 Å². The summed E-state index contributed by atoms with van der Waals surface area (Å²) in [6.45, 7) is 7.86. The van der Waals surface area contributed by atoms with Crippen molar-refractivity contribution in [1.82, 2.24) is 0 Å². The molecule has 0 unspecified atom stereocenters. The van der Waals surface area contributed by atoms with Crippen LogP contribution in [0.2, 0.25) is 0 Å². The molecule has 0 saturated carbocycles. The van der Waals surface area contributed by atoms with E-state index in [9.17, 15) is 4.79 Å². The summed E-state index contributed by atoms with van der Waals surface area (Å²) < 4.78 is 5.93. The first-order chi connectivity index (χ1) is 14.0. The molecule has 1 amide bonds. The Morgan fingerprint density at radius 1 is 0.931 bits per heavy atom. The number of furan rings is 1. The second-order valence-electron chi connectivity index (χ2n) is 7.34. The average molecular weight is 454 g/mol. The first-order valence-electron chi connectivity index (χ1n) is 9.74. The third kappa shape index (κ3) is 4.32. The lowest BCUT2D eigenvalue weighted by atomic mass is 10.1. The van der Waals surface area contributed by atoms with Crippen LogP contribution in [0.4, 0.5) is 17.1 Å². The molecule has 1 aromatic heterocycles. The molecule has 2 heterocycles. The molecule has 29 heavy (non-hydrogen) atoms. The van der Waals surface area contributed by atoms with Crippen LogP contribution >= 0.6 is 15.9 Å². The lowest BCUT2D eigenvalue weighted by Crippen LogP contribution is -2.47. The maximum absolute atomic E-state index is 12.6. The Morgan fingerprint density at radius 3 is 2.28 bits per heavy atom. The van der Waals surface area contributed by atoms with Gasteiger partial charge in [0.25, 0.3) is 5.91 Å². The lowest BCUT2D eigenvalue weighted by molar-refractivity contribution is 0.0995. The number of piperazine rings is 1. The summed E-state index contributed by atoms with van der Waals surface area (Å²) in [6.07, 6.45) is 0. The summed E-state index contributed by atoms with van der Waals surface area (Å²) in [5.41, 5.74) is 5.55. The molecule has 150 valence electrons. The number of hydrogen-bond donors (Lipinski definition) is 1. The summed E-state index contributed by atoms with van der Waals surface area (Å²) in [5.74, 6) is 0.0369. The maximum atomic E-state index is 12.6. The quantitative estimate of drug-likeness (QED) is 0.586. The van der Waals surface area contributed by atoms with Gasteiger partial charge in [0, 0.05) is 31.9 Å². The van der Waals surface area contributed by atoms with Crippen LogP contribution in [-0.2, 0) is 0 Å². The zero-order valence-corrected chi connectivity index (χ0v) is 18.2. The van der Waals surface area contributed by atoms with Gasteiger partial charge in [-0.05, 0) is 71.2 Å². The van der Waals surface area contributed by atoms with E-state index in [1.807, 2.05) is 13.0 Å². The molecule has 1 aliphatic heterocycles. The number of carbonyl (C=O) groups excluding carboxylic acids is 1. The molecule has 3 aromatic rings. The number of para-hydroxylation sites is 1. The average Bonchev–Trinajstić information content (AvgIpc) is 3.15. The van der Waals surface area contributed by atoms with Gasteiger partial charge in [-0.2, -0.15) is 0 Å². The van der Waals surface area contributed by atoms with Crippen LogP contribution in [0.25, 0.3) is 0 Å². The number of aryl methyl sites for hydroxylation is 2. The number of amides is 1. The number of carbonyl (C=O) groups is 1. The summed E-state index contributed by atoms with van der Waals surface area (Å²) in [4.78, 5) is 17.4. The Morgan fingerprint density at radius 2 is 1.62 bits per heavy atom. The number of nitrogens with one attached hydrogen (secondary N) is 1. The molecule has 1 N–H and O–H groups in total. The third-order valence-corrected chi connectivity index (χ3v) is 5.70. The maximum Gasteiger partial charge on any atom is 0.291 e. The van der Waals surface area contributed by atoms with E-state index in [4.69, 9.17) is 4.42 Å². The molecule has 1 fully saturated rings. The zero-order chi connectivity index (χ0) is 20.4. The van der Waals surface area contributed by atoms with Crippen molar-refractivity contribution in [3.05, 3.63) is 76.2 Å². The molecule has 1 aliphatic rings. The molecular formula is C23H24BrN3O2. The van der Waals surface area contributed by atoms with Crippen LogP contribution in [0.3, 0.4) is 0 Å². The molecule has 0 radical (unpaired) electrons. The minimum atomic E-state index is -0.249. The molecule has 6 heteroatoms. The van der Waals surface area contributed by atoms with Gasteiger partial charge in [-0.3, -0.25) is 4.79 Å². The molecule has 0 bridgehead atoms. The fourth-order valence-electron chi connectivity index (χ4n) is 3.75. The second-order valence-corrected chi connectivity index (χ2v) is 8.12. The first-order valence-corrected chi connectivity index (χ1v) is 10.5. The largest absolute Gasteiger partial charge is 0.444 e. The van der Waals surface area contributed by atoms with E-state index in [0.717, 1.165) is 43.1 Å². The SMILES string of the molecule is Cc1ccc(N2CCN(c3ccccc3C)CC2)c(NC(=O)c2ccc(Br)o2)c1. The minimum absolute atomic E-state index is 0.249. The van der Waals surface area contributed by atoms with Gasteiger partial charge in [0.1, 0.15) is 0 Å². The lowest BCUT2D eigenvalue weighted by Gasteiger charge is -2.38. The predicted molar refractivity (Wildman–Crippen MR) is 121 cm³/mol. The van der Waals surface area contributed by atoms with Crippen molar-refractivity contribution in [3.8, 4) is 0 Å². The molecule has 0 atom stereocenters. The number of rotatable bonds is 4. The molecule has 0 aliphatic carbocycles. The Labute approximate surface area is 179 Å². The fraction of sp³-hybridized carbons (Fsp3) is 0.261. The minimum Gasteiger partial charge on any atom is -0.444 e. The number of benzene rings is 2. The molecule has 4 rings (SSSR count). The van der Waals surface area contributed by atoms with Gasteiger partial charge in [-0.25, -0.2) is 0 Å². The Bertz CT molecular complexity index is 1020. The molecule has 5 nitrogen and oxygen atoms in total. The van der Waals surface area contributed by atoms with Crippen LogP contribution in [0, 0.1) is 13.8 Å². The summed E-state index contributed by atoms with van der Waals surface area (Å²) in [6, 6.07) is 18.1.